The Labute approximate surface area is 148 Å². The van der Waals surface area contributed by atoms with Crippen molar-refractivity contribution in [3.8, 4) is 5.75 Å². The lowest BCUT2D eigenvalue weighted by atomic mass is 10.0. The molecule has 1 N–H and O–H groups in total. The lowest BCUT2D eigenvalue weighted by Crippen LogP contribution is -2.07. The van der Waals surface area contributed by atoms with E-state index in [9.17, 15) is 14.3 Å². The Hall–Kier alpha value is -1.84. The fourth-order valence-electron chi connectivity index (χ4n) is 4.22. The van der Waals surface area contributed by atoms with E-state index in [1.807, 2.05) is 16.8 Å². The molecule has 3 nitrogen and oxygen atoms in total. The van der Waals surface area contributed by atoms with Crippen LogP contribution in [0.25, 0.3) is 10.9 Å². The molecule has 0 unspecified atom stereocenters. The lowest BCUT2D eigenvalue weighted by Gasteiger charge is -2.04. The van der Waals surface area contributed by atoms with Crippen LogP contribution >= 0.6 is 0 Å². The first-order valence-corrected chi connectivity index (χ1v) is 9.14. The van der Waals surface area contributed by atoms with Gasteiger partial charge in [0.1, 0.15) is 5.75 Å². The van der Waals surface area contributed by atoms with Gasteiger partial charge in [0, 0.05) is 35.7 Å². The van der Waals surface area contributed by atoms with E-state index < -0.39 is 0 Å². The van der Waals surface area contributed by atoms with Crippen molar-refractivity contribution in [3.05, 3.63) is 30.0 Å². The molecule has 1 saturated carbocycles. The van der Waals surface area contributed by atoms with Crippen molar-refractivity contribution in [2.75, 3.05) is 6.67 Å². The summed E-state index contributed by atoms with van der Waals surface area (Å²) in [6.45, 7) is 9.04. The Bertz CT molecular complexity index is 790. The van der Waals surface area contributed by atoms with Crippen molar-refractivity contribution in [1.82, 2.24) is 4.57 Å². The van der Waals surface area contributed by atoms with Crippen LogP contribution in [0.3, 0.4) is 0 Å². The number of phenolic OH excluding ortho intramolecular Hbond substituents is 1. The number of nitrogens with zero attached hydrogens (tertiary/aromatic N) is 1. The van der Waals surface area contributed by atoms with Gasteiger partial charge >= 0.3 is 0 Å². The number of phenols is 1. The number of Topliss-reactive ketones (excluding diaryl/α,β-unsaturated/α-hetero) is 1. The standard InChI is InChI=1S/C21H28FNO2/c1-20(2)19(21(20,3)4)18(25)16-13-23(11-7-5-6-10-22)17-12-14(24)8-9-15(16)17/h8-9,12-13,19,24H,5-7,10-11H2,1-4H3. The maximum atomic E-state index is 13.2. The number of aromatic hydroxyl groups is 1. The fourth-order valence-corrected chi connectivity index (χ4v) is 4.22. The van der Waals surface area contributed by atoms with Gasteiger partial charge in [-0.1, -0.05) is 27.7 Å². The number of carbonyl (C=O) groups excluding carboxylic acids is 1. The second-order valence-corrected chi connectivity index (χ2v) is 8.43. The number of rotatable bonds is 7. The van der Waals surface area contributed by atoms with Crippen LogP contribution in [0.2, 0.25) is 0 Å². The molecule has 0 saturated heterocycles. The van der Waals surface area contributed by atoms with Gasteiger partial charge in [-0.15, -0.1) is 0 Å². The molecule has 1 aromatic carbocycles. The minimum absolute atomic E-state index is 0.00342. The van der Waals surface area contributed by atoms with Crippen molar-refractivity contribution in [2.45, 2.75) is 53.5 Å². The predicted molar refractivity (Wildman–Crippen MR) is 98.8 cm³/mol. The van der Waals surface area contributed by atoms with Gasteiger partial charge in [0.15, 0.2) is 5.78 Å². The summed E-state index contributed by atoms with van der Waals surface area (Å²) in [4.78, 5) is 13.2. The fraction of sp³-hybridized carbons (Fsp3) is 0.571. The molecule has 0 atom stereocenters. The van der Waals surface area contributed by atoms with Crippen LogP contribution in [-0.4, -0.2) is 22.1 Å². The number of aryl methyl sites for hydroxylation is 1. The maximum absolute atomic E-state index is 13.2. The largest absolute Gasteiger partial charge is 0.508 e. The molecule has 0 bridgehead atoms. The number of alkyl halides is 1. The van der Waals surface area contributed by atoms with E-state index >= 15 is 0 Å². The number of aromatic nitrogens is 1. The zero-order valence-electron chi connectivity index (χ0n) is 15.6. The third-order valence-electron chi connectivity index (χ3n) is 6.45. The zero-order chi connectivity index (χ0) is 18.4. The highest BCUT2D eigenvalue weighted by Crippen LogP contribution is 2.69. The highest BCUT2D eigenvalue weighted by atomic mass is 19.1. The summed E-state index contributed by atoms with van der Waals surface area (Å²) >= 11 is 0. The number of unbranched alkanes of at least 4 members (excludes halogenated alkanes) is 2. The Kier molecular flexibility index (Phi) is 4.42. The maximum Gasteiger partial charge on any atom is 0.169 e. The molecule has 1 aliphatic carbocycles. The molecule has 0 amide bonds. The normalized spacial score (nSPS) is 18.6. The van der Waals surface area contributed by atoms with Crippen LogP contribution in [0.5, 0.6) is 5.75 Å². The Balaban J connectivity index is 1.95. The molecule has 3 rings (SSSR count). The van der Waals surface area contributed by atoms with Crippen LogP contribution in [-0.2, 0) is 6.54 Å². The lowest BCUT2D eigenvalue weighted by molar-refractivity contribution is 0.0946. The average Bonchev–Trinajstić information content (AvgIpc) is 2.81. The number of halogens is 1. The van der Waals surface area contributed by atoms with Gasteiger partial charge in [-0.25, -0.2) is 0 Å². The first-order chi connectivity index (χ1) is 11.7. The van der Waals surface area contributed by atoms with Gasteiger partial charge in [-0.2, -0.15) is 0 Å². The molecule has 0 radical (unpaired) electrons. The second kappa shape index (κ2) is 6.15. The van der Waals surface area contributed by atoms with Crippen molar-refractivity contribution >= 4 is 16.7 Å². The van der Waals surface area contributed by atoms with Gasteiger partial charge in [-0.05, 0) is 42.2 Å². The van der Waals surface area contributed by atoms with Crippen molar-refractivity contribution in [1.29, 1.82) is 0 Å². The van der Waals surface area contributed by atoms with E-state index in [1.165, 1.54) is 0 Å². The minimum Gasteiger partial charge on any atom is -0.508 e. The number of benzene rings is 1. The highest BCUT2D eigenvalue weighted by Gasteiger charge is 2.68. The Morgan fingerprint density at radius 2 is 1.84 bits per heavy atom. The van der Waals surface area contributed by atoms with Gasteiger partial charge in [0.25, 0.3) is 0 Å². The van der Waals surface area contributed by atoms with Crippen molar-refractivity contribution in [3.63, 3.8) is 0 Å². The summed E-state index contributed by atoms with van der Waals surface area (Å²) in [5.41, 5.74) is 1.61. The molecule has 25 heavy (non-hydrogen) atoms. The molecule has 136 valence electrons. The molecule has 0 spiro atoms. The number of ketones is 1. The summed E-state index contributed by atoms with van der Waals surface area (Å²) < 4.78 is 14.3. The molecule has 2 aromatic rings. The monoisotopic (exact) mass is 345 g/mol. The van der Waals surface area contributed by atoms with Crippen LogP contribution in [0.4, 0.5) is 4.39 Å². The van der Waals surface area contributed by atoms with E-state index in [1.54, 1.807) is 12.1 Å². The number of fused-ring (bicyclic) bond motifs is 1. The van der Waals surface area contributed by atoms with Gasteiger partial charge in [0.05, 0.1) is 12.2 Å². The van der Waals surface area contributed by atoms with Crippen LogP contribution in [0.15, 0.2) is 24.4 Å². The van der Waals surface area contributed by atoms with Crippen LogP contribution < -0.4 is 0 Å². The third kappa shape index (κ3) is 2.86. The van der Waals surface area contributed by atoms with Crippen LogP contribution in [0, 0.1) is 16.7 Å². The van der Waals surface area contributed by atoms with E-state index in [4.69, 9.17) is 0 Å². The van der Waals surface area contributed by atoms with Crippen LogP contribution in [0.1, 0.15) is 57.3 Å². The predicted octanol–water partition coefficient (Wildman–Crippen LogP) is 5.35. The number of carbonyl (C=O) groups is 1. The summed E-state index contributed by atoms with van der Waals surface area (Å²) in [5.74, 6) is 0.397. The summed E-state index contributed by atoms with van der Waals surface area (Å²) in [6, 6.07) is 5.18. The van der Waals surface area contributed by atoms with Crippen molar-refractivity contribution in [2.24, 2.45) is 16.7 Å². The summed E-state index contributed by atoms with van der Waals surface area (Å²) in [5, 5.41) is 10.7. The average molecular weight is 345 g/mol. The SMILES string of the molecule is CC1(C)C(C(=O)c2cn(CCCCCF)c3cc(O)ccc23)C1(C)C. The number of hydrogen-bond donors (Lipinski definition) is 1. The first kappa shape index (κ1) is 18.0. The van der Waals surface area contributed by atoms with E-state index in [2.05, 4.69) is 27.7 Å². The topological polar surface area (TPSA) is 42.2 Å². The highest BCUT2D eigenvalue weighted by molar-refractivity contribution is 6.11. The van der Waals surface area contributed by atoms with Gasteiger partial charge < -0.3 is 9.67 Å². The molecule has 1 heterocycles. The smallest absolute Gasteiger partial charge is 0.169 e. The van der Waals surface area contributed by atoms with E-state index in [0.29, 0.717) is 6.42 Å². The molecule has 1 aliphatic rings. The summed E-state index contributed by atoms with van der Waals surface area (Å²) in [6.07, 6.45) is 4.17. The first-order valence-electron chi connectivity index (χ1n) is 9.14. The molecular formula is C21H28FNO2. The van der Waals surface area contributed by atoms with Gasteiger partial charge in [0.2, 0.25) is 0 Å². The quantitative estimate of drug-likeness (QED) is 0.543. The van der Waals surface area contributed by atoms with Crippen molar-refractivity contribution < 1.29 is 14.3 Å². The second-order valence-electron chi connectivity index (χ2n) is 8.43. The molecule has 4 heteroatoms. The molecule has 1 fully saturated rings. The molecule has 0 aliphatic heterocycles. The number of hydrogen-bond acceptors (Lipinski definition) is 2. The van der Waals surface area contributed by atoms with E-state index in [-0.39, 0.29) is 35.0 Å². The molecular weight excluding hydrogens is 317 g/mol. The Morgan fingerprint density at radius 3 is 2.44 bits per heavy atom. The zero-order valence-corrected chi connectivity index (χ0v) is 15.6. The Morgan fingerprint density at radius 1 is 1.16 bits per heavy atom. The third-order valence-corrected chi connectivity index (χ3v) is 6.45. The van der Waals surface area contributed by atoms with Gasteiger partial charge in [-0.3, -0.25) is 9.18 Å². The summed E-state index contributed by atoms with van der Waals surface area (Å²) in [7, 11) is 0. The molecule has 1 aromatic heterocycles. The van der Waals surface area contributed by atoms with E-state index in [0.717, 1.165) is 35.9 Å². The minimum atomic E-state index is -0.289.